The second-order valence-electron chi connectivity index (χ2n) is 6.40. The van der Waals surface area contributed by atoms with Crippen LogP contribution in [0.4, 0.5) is 24.7 Å². The van der Waals surface area contributed by atoms with E-state index in [1.807, 2.05) is 6.07 Å². The number of hydrogen-bond donors (Lipinski definition) is 3. The molecule has 2 heterocycles. The minimum atomic E-state index is -4.51. The molecule has 1 aromatic heterocycles. The monoisotopic (exact) mass is 392 g/mol. The first-order valence-electron chi connectivity index (χ1n) is 8.91. The highest BCUT2D eigenvalue weighted by atomic mass is 19.4. The van der Waals surface area contributed by atoms with E-state index in [2.05, 4.69) is 32.5 Å². The molecule has 0 bridgehead atoms. The maximum absolute atomic E-state index is 13.3. The molecule has 9 heteroatoms. The zero-order valence-corrected chi connectivity index (χ0v) is 15.6. The third kappa shape index (κ3) is 6.39. The average Bonchev–Trinajstić information content (AvgIpc) is 2.69. The van der Waals surface area contributed by atoms with Crippen molar-refractivity contribution in [1.29, 1.82) is 5.26 Å². The van der Waals surface area contributed by atoms with Crippen LogP contribution in [0.3, 0.4) is 0 Å². The van der Waals surface area contributed by atoms with Gasteiger partial charge in [-0.2, -0.15) is 18.4 Å². The number of aliphatic imine (C=N–C) groups is 1. The van der Waals surface area contributed by atoms with Crippen LogP contribution in [0.5, 0.6) is 0 Å². The van der Waals surface area contributed by atoms with Gasteiger partial charge in [-0.25, -0.2) is 9.98 Å². The zero-order chi connectivity index (χ0) is 20.6. The first kappa shape index (κ1) is 21.4. The van der Waals surface area contributed by atoms with E-state index < -0.39 is 11.7 Å². The number of pyridine rings is 1. The van der Waals surface area contributed by atoms with Crippen molar-refractivity contribution in [3.63, 3.8) is 0 Å². The molecule has 28 heavy (non-hydrogen) atoms. The fraction of sp³-hybridized carbons (Fsp3) is 0.421. The van der Waals surface area contributed by atoms with Crippen molar-refractivity contribution in [3.05, 3.63) is 41.9 Å². The highest BCUT2D eigenvalue weighted by molar-refractivity contribution is 5.83. The average molecular weight is 392 g/mol. The third-order valence-corrected chi connectivity index (χ3v) is 4.22. The van der Waals surface area contributed by atoms with Crippen molar-refractivity contribution in [2.45, 2.75) is 25.9 Å². The Hall–Kier alpha value is -2.86. The molecular formula is C19H23F3N6. The van der Waals surface area contributed by atoms with Gasteiger partial charge in [0.05, 0.1) is 16.8 Å². The first-order chi connectivity index (χ1) is 13.3. The molecule has 1 saturated heterocycles. The van der Waals surface area contributed by atoms with E-state index in [1.54, 1.807) is 13.0 Å². The van der Waals surface area contributed by atoms with Crippen LogP contribution in [0.1, 0.15) is 25.3 Å². The van der Waals surface area contributed by atoms with Crippen LogP contribution in [-0.2, 0) is 6.18 Å². The molecule has 6 nitrogen and oxygen atoms in total. The van der Waals surface area contributed by atoms with Gasteiger partial charge in [-0.15, -0.1) is 0 Å². The number of anilines is 2. The number of nitrogens with zero attached hydrogens (tertiary/aromatic N) is 3. The molecule has 150 valence electrons. The molecule has 1 unspecified atom stereocenters. The molecule has 0 amide bonds. The maximum atomic E-state index is 13.3. The number of aromatic nitrogens is 1. The van der Waals surface area contributed by atoms with Gasteiger partial charge in [0.15, 0.2) is 0 Å². The highest BCUT2D eigenvalue weighted by Gasteiger charge is 2.34. The van der Waals surface area contributed by atoms with Gasteiger partial charge in [0, 0.05) is 25.0 Å². The van der Waals surface area contributed by atoms with Gasteiger partial charge in [0.2, 0.25) is 0 Å². The van der Waals surface area contributed by atoms with E-state index >= 15 is 0 Å². The molecule has 2 rings (SSSR count). The van der Waals surface area contributed by atoms with Crippen molar-refractivity contribution >= 4 is 17.7 Å². The van der Waals surface area contributed by atoms with Crippen LogP contribution in [-0.4, -0.2) is 30.8 Å². The summed E-state index contributed by atoms with van der Waals surface area (Å²) in [7, 11) is 0. The molecule has 1 atom stereocenters. The predicted octanol–water partition coefficient (Wildman–Crippen LogP) is 3.94. The van der Waals surface area contributed by atoms with E-state index in [9.17, 15) is 13.2 Å². The second-order valence-corrected chi connectivity index (χ2v) is 6.40. The summed E-state index contributed by atoms with van der Waals surface area (Å²) in [6, 6.07) is 3.15. The van der Waals surface area contributed by atoms with E-state index in [-0.39, 0.29) is 23.0 Å². The summed E-state index contributed by atoms with van der Waals surface area (Å²) in [5, 5.41) is 17.7. The maximum Gasteiger partial charge on any atom is 0.419 e. The van der Waals surface area contributed by atoms with Gasteiger partial charge >= 0.3 is 6.18 Å². The van der Waals surface area contributed by atoms with E-state index in [0.29, 0.717) is 12.4 Å². The zero-order valence-electron chi connectivity index (χ0n) is 15.6. The molecule has 3 N–H and O–H groups in total. The van der Waals surface area contributed by atoms with E-state index in [1.165, 1.54) is 12.3 Å². The summed E-state index contributed by atoms with van der Waals surface area (Å²) < 4.78 is 40.0. The van der Waals surface area contributed by atoms with Crippen LogP contribution in [0.15, 0.2) is 41.3 Å². The summed E-state index contributed by atoms with van der Waals surface area (Å²) in [5.41, 5.74) is -0.688. The minimum Gasteiger partial charge on any atom is -0.384 e. The fourth-order valence-corrected chi connectivity index (χ4v) is 2.73. The lowest BCUT2D eigenvalue weighted by Crippen LogP contribution is -2.33. The lowest BCUT2D eigenvalue weighted by molar-refractivity contribution is -0.137. The number of rotatable bonds is 7. The normalized spacial score (nSPS) is 18.0. The van der Waals surface area contributed by atoms with Gasteiger partial charge < -0.3 is 16.0 Å². The lowest BCUT2D eigenvalue weighted by Gasteiger charge is -2.24. The number of hydrogen-bond acceptors (Lipinski definition) is 6. The smallest absolute Gasteiger partial charge is 0.384 e. The Bertz CT molecular complexity index is 786. The summed E-state index contributed by atoms with van der Waals surface area (Å²) in [5.74, 6) is 0.822. The predicted molar refractivity (Wildman–Crippen MR) is 104 cm³/mol. The summed E-state index contributed by atoms with van der Waals surface area (Å²) in [6.45, 7) is 7.36. The molecule has 0 aromatic carbocycles. The van der Waals surface area contributed by atoms with Crippen molar-refractivity contribution < 1.29 is 13.2 Å². The summed E-state index contributed by atoms with van der Waals surface area (Å²) >= 11 is 0. The van der Waals surface area contributed by atoms with Crippen LogP contribution in [0, 0.1) is 17.2 Å². The first-order valence-corrected chi connectivity index (χ1v) is 8.91. The van der Waals surface area contributed by atoms with Gasteiger partial charge in [-0.1, -0.05) is 6.58 Å². The van der Waals surface area contributed by atoms with E-state index in [4.69, 9.17) is 5.26 Å². The van der Waals surface area contributed by atoms with Crippen molar-refractivity contribution in [2.24, 2.45) is 10.9 Å². The molecule has 0 radical (unpaired) electrons. The number of allylic oxidation sites excluding steroid dienone is 2. The number of halogens is 3. The molecule has 1 aliphatic heterocycles. The number of nitriles is 1. The standard InChI is InChI=1S/C19H23F3N6/c1-3-17(26-9-13(2)8-23)28-18-7-16(15(12-27-18)19(20,21)22)25-11-14-5-4-6-24-10-14/h3,7,9,12,14,24H,2,4-6,10-11H2,1H3,(H2,25,27,28)/b17-3+,26-9?. The van der Waals surface area contributed by atoms with Gasteiger partial charge in [-0.3, -0.25) is 0 Å². The molecule has 0 aliphatic carbocycles. The lowest BCUT2D eigenvalue weighted by atomic mass is 9.99. The SMILES string of the molecule is C=C(C#N)C=N/C(=C\C)Nc1cc(NCC2CCCNC2)c(C(F)(F)F)cn1. The minimum absolute atomic E-state index is 0.0311. The largest absolute Gasteiger partial charge is 0.419 e. The number of nitrogens with one attached hydrogen (secondary N) is 3. The Kier molecular flexibility index (Phi) is 7.58. The summed E-state index contributed by atoms with van der Waals surface area (Å²) in [4.78, 5) is 7.89. The Morgan fingerprint density at radius 2 is 2.32 bits per heavy atom. The molecular weight excluding hydrogens is 369 g/mol. The van der Waals surface area contributed by atoms with Crippen molar-refractivity contribution in [3.8, 4) is 6.07 Å². The topological polar surface area (TPSA) is 85.1 Å². The molecule has 0 saturated carbocycles. The van der Waals surface area contributed by atoms with Crippen molar-refractivity contribution in [2.75, 3.05) is 30.3 Å². The number of alkyl halides is 3. The van der Waals surface area contributed by atoms with Crippen LogP contribution in [0.25, 0.3) is 0 Å². The summed E-state index contributed by atoms with van der Waals surface area (Å²) in [6.07, 6.45) is 1.15. The van der Waals surface area contributed by atoms with Crippen LogP contribution in [0.2, 0.25) is 0 Å². The third-order valence-electron chi connectivity index (χ3n) is 4.22. The Balaban J connectivity index is 2.18. The molecule has 1 aromatic rings. The Morgan fingerprint density at radius 1 is 1.54 bits per heavy atom. The Labute approximate surface area is 162 Å². The van der Waals surface area contributed by atoms with E-state index in [0.717, 1.165) is 32.1 Å². The van der Waals surface area contributed by atoms with Crippen LogP contribution >= 0.6 is 0 Å². The number of piperidine rings is 1. The van der Waals surface area contributed by atoms with Gasteiger partial charge in [0.1, 0.15) is 17.7 Å². The van der Waals surface area contributed by atoms with Gasteiger partial charge in [0.25, 0.3) is 0 Å². The Morgan fingerprint density at radius 3 is 2.93 bits per heavy atom. The second kappa shape index (κ2) is 9.90. The highest BCUT2D eigenvalue weighted by Crippen LogP contribution is 2.35. The van der Waals surface area contributed by atoms with Crippen molar-refractivity contribution in [1.82, 2.24) is 10.3 Å². The van der Waals surface area contributed by atoms with Crippen LogP contribution < -0.4 is 16.0 Å². The molecule has 1 aliphatic rings. The molecule has 1 fully saturated rings. The van der Waals surface area contributed by atoms with Gasteiger partial charge in [-0.05, 0) is 44.8 Å². The molecule has 0 spiro atoms. The quantitative estimate of drug-likeness (QED) is 0.484. The fourth-order valence-electron chi connectivity index (χ4n) is 2.73.